The number of ether oxygens (including phenoxy) is 1. The molecule has 0 aliphatic heterocycles. The highest BCUT2D eigenvalue weighted by molar-refractivity contribution is 6.07. The van der Waals surface area contributed by atoms with Crippen molar-refractivity contribution >= 4 is 11.8 Å². The summed E-state index contributed by atoms with van der Waals surface area (Å²) < 4.78 is 4.64. The molecule has 3 heteroatoms. The summed E-state index contributed by atoms with van der Waals surface area (Å²) in [6, 6.07) is 0. The van der Waals surface area contributed by atoms with E-state index in [-0.39, 0.29) is 11.8 Å². The minimum Gasteiger partial charge on any atom is -0.469 e. The van der Waals surface area contributed by atoms with Gasteiger partial charge in [0.15, 0.2) is 5.78 Å². The molecule has 1 rings (SSSR count). The molecule has 0 amide bonds. The van der Waals surface area contributed by atoms with E-state index in [1.165, 1.54) is 19.1 Å². The van der Waals surface area contributed by atoms with Crippen molar-refractivity contribution in [3.63, 3.8) is 0 Å². The first kappa shape index (κ1) is 22.4. The second-order valence-corrected chi connectivity index (χ2v) is 7.71. The Labute approximate surface area is 159 Å². The number of carbonyl (C=O) groups is 2. The highest BCUT2D eigenvalue weighted by Gasteiger charge is 2.22. The average molecular weight is 361 g/mol. The number of esters is 1. The maximum Gasteiger partial charge on any atom is 0.305 e. The van der Waals surface area contributed by atoms with Crippen molar-refractivity contribution in [2.45, 2.75) is 78.6 Å². The molecule has 2 unspecified atom stereocenters. The second-order valence-electron chi connectivity index (χ2n) is 7.71. The van der Waals surface area contributed by atoms with Gasteiger partial charge in [0, 0.05) is 17.9 Å². The van der Waals surface area contributed by atoms with Crippen LogP contribution in [0.1, 0.15) is 78.6 Å². The lowest BCUT2D eigenvalue weighted by Gasteiger charge is -2.15. The Morgan fingerprint density at radius 3 is 2.65 bits per heavy atom. The Hall–Kier alpha value is -1.64. The molecule has 0 spiro atoms. The second kappa shape index (κ2) is 12.7. The van der Waals surface area contributed by atoms with Crippen molar-refractivity contribution in [1.29, 1.82) is 0 Å². The van der Waals surface area contributed by atoms with Gasteiger partial charge in [0.1, 0.15) is 0 Å². The molecular formula is C23H36O3. The summed E-state index contributed by atoms with van der Waals surface area (Å²) in [4.78, 5) is 23.2. The Morgan fingerprint density at radius 1 is 1.19 bits per heavy atom. The molecule has 1 aliphatic carbocycles. The molecule has 3 nitrogen and oxygen atoms in total. The largest absolute Gasteiger partial charge is 0.469 e. The molecule has 0 aromatic rings. The summed E-state index contributed by atoms with van der Waals surface area (Å²) in [5.74, 6) is 1.02. The molecule has 0 fully saturated rings. The van der Waals surface area contributed by atoms with Crippen LogP contribution < -0.4 is 0 Å². The van der Waals surface area contributed by atoms with Crippen LogP contribution in [0, 0.1) is 11.8 Å². The van der Waals surface area contributed by atoms with E-state index in [1.807, 2.05) is 0 Å². The topological polar surface area (TPSA) is 43.4 Å². The van der Waals surface area contributed by atoms with Gasteiger partial charge in [-0.3, -0.25) is 9.59 Å². The van der Waals surface area contributed by atoms with Crippen LogP contribution in [0.2, 0.25) is 0 Å². The minimum atomic E-state index is -0.141. The highest BCUT2D eigenvalue weighted by Crippen LogP contribution is 2.29. The SMILES string of the molecule is COC(=O)CCCCCC=C1C(=O)C=CC1CCC(C)CCC=C(C)C. The maximum atomic E-state index is 12.1. The van der Waals surface area contributed by atoms with Crippen LogP contribution in [0.25, 0.3) is 0 Å². The third kappa shape index (κ3) is 9.17. The predicted octanol–water partition coefficient (Wildman–Crippen LogP) is 5.95. The normalized spacial score (nSPS) is 19.0. The van der Waals surface area contributed by atoms with Crippen LogP contribution in [-0.2, 0) is 14.3 Å². The number of hydrogen-bond acceptors (Lipinski definition) is 3. The molecule has 1 aliphatic rings. The fourth-order valence-electron chi connectivity index (χ4n) is 3.30. The van der Waals surface area contributed by atoms with E-state index in [0.29, 0.717) is 18.3 Å². The van der Waals surface area contributed by atoms with Crippen LogP contribution in [0.4, 0.5) is 0 Å². The number of ketones is 1. The van der Waals surface area contributed by atoms with Crippen molar-refractivity contribution in [2.75, 3.05) is 7.11 Å². The average Bonchev–Trinajstić information content (AvgIpc) is 2.95. The van der Waals surface area contributed by atoms with Crippen LogP contribution in [0.15, 0.2) is 35.5 Å². The van der Waals surface area contributed by atoms with Crippen molar-refractivity contribution < 1.29 is 14.3 Å². The number of unbranched alkanes of at least 4 members (excludes halogenated alkanes) is 3. The lowest BCUT2D eigenvalue weighted by Crippen LogP contribution is -2.05. The fraction of sp³-hybridized carbons (Fsp3) is 0.652. The lowest BCUT2D eigenvalue weighted by molar-refractivity contribution is -0.140. The predicted molar refractivity (Wildman–Crippen MR) is 108 cm³/mol. The van der Waals surface area contributed by atoms with Gasteiger partial charge in [-0.25, -0.2) is 0 Å². The summed E-state index contributed by atoms with van der Waals surface area (Å²) in [5.41, 5.74) is 2.37. The van der Waals surface area contributed by atoms with Gasteiger partial charge in [0.2, 0.25) is 0 Å². The van der Waals surface area contributed by atoms with Crippen molar-refractivity contribution in [3.05, 3.63) is 35.5 Å². The maximum absolute atomic E-state index is 12.1. The summed E-state index contributed by atoms with van der Waals surface area (Å²) in [6.45, 7) is 6.60. The zero-order chi connectivity index (χ0) is 19.4. The minimum absolute atomic E-state index is 0.141. The van der Waals surface area contributed by atoms with Gasteiger partial charge < -0.3 is 4.74 Å². The molecule has 0 radical (unpaired) electrons. The van der Waals surface area contributed by atoms with Gasteiger partial charge in [0.05, 0.1) is 7.11 Å². The third-order valence-electron chi connectivity index (χ3n) is 5.02. The fourth-order valence-corrected chi connectivity index (χ4v) is 3.30. The molecule has 0 N–H and O–H groups in total. The summed E-state index contributed by atoms with van der Waals surface area (Å²) >= 11 is 0. The lowest BCUT2D eigenvalue weighted by atomic mass is 9.90. The molecule has 0 aromatic heterocycles. The first-order valence-electron chi connectivity index (χ1n) is 10.1. The Morgan fingerprint density at radius 2 is 1.96 bits per heavy atom. The standard InChI is InChI=1S/C23H36O3/c1-18(2)10-9-11-19(3)14-15-20-16-17-22(24)21(20)12-7-5-6-8-13-23(25)26-4/h10,12,16-17,19-20H,5-9,11,13-15H2,1-4H3. The number of carbonyl (C=O) groups excluding carboxylic acids is 2. The van der Waals surface area contributed by atoms with Gasteiger partial charge in [0.25, 0.3) is 0 Å². The monoisotopic (exact) mass is 360 g/mol. The van der Waals surface area contributed by atoms with E-state index in [9.17, 15) is 9.59 Å². The molecule has 0 bridgehead atoms. The molecule has 146 valence electrons. The molecule has 2 atom stereocenters. The van der Waals surface area contributed by atoms with E-state index in [0.717, 1.165) is 50.5 Å². The number of allylic oxidation sites excluding steroid dienone is 6. The summed E-state index contributed by atoms with van der Waals surface area (Å²) in [6.07, 6.45) is 17.1. The number of hydrogen-bond donors (Lipinski definition) is 0. The van der Waals surface area contributed by atoms with Gasteiger partial charge in [-0.1, -0.05) is 37.1 Å². The smallest absolute Gasteiger partial charge is 0.305 e. The Kier molecular flexibility index (Phi) is 10.9. The third-order valence-corrected chi connectivity index (χ3v) is 5.02. The molecule has 0 saturated carbocycles. The Bertz CT molecular complexity index is 536. The quantitative estimate of drug-likeness (QED) is 0.187. The van der Waals surface area contributed by atoms with Crippen LogP contribution >= 0.6 is 0 Å². The highest BCUT2D eigenvalue weighted by atomic mass is 16.5. The Balaban J connectivity index is 2.32. The number of methoxy groups -OCH3 is 1. The van der Waals surface area contributed by atoms with E-state index >= 15 is 0 Å². The van der Waals surface area contributed by atoms with Gasteiger partial charge in [-0.05, 0) is 70.8 Å². The molecule has 26 heavy (non-hydrogen) atoms. The van der Waals surface area contributed by atoms with Crippen molar-refractivity contribution in [2.24, 2.45) is 11.8 Å². The van der Waals surface area contributed by atoms with E-state index in [2.05, 4.69) is 43.7 Å². The van der Waals surface area contributed by atoms with Crippen LogP contribution in [0.3, 0.4) is 0 Å². The van der Waals surface area contributed by atoms with Crippen molar-refractivity contribution in [3.8, 4) is 0 Å². The van der Waals surface area contributed by atoms with E-state index in [1.54, 1.807) is 6.08 Å². The van der Waals surface area contributed by atoms with E-state index < -0.39 is 0 Å². The van der Waals surface area contributed by atoms with Crippen LogP contribution in [0.5, 0.6) is 0 Å². The first-order valence-corrected chi connectivity index (χ1v) is 10.1. The van der Waals surface area contributed by atoms with Crippen molar-refractivity contribution in [1.82, 2.24) is 0 Å². The molecular weight excluding hydrogens is 324 g/mol. The van der Waals surface area contributed by atoms with Gasteiger partial charge >= 0.3 is 5.97 Å². The van der Waals surface area contributed by atoms with Gasteiger partial charge in [-0.2, -0.15) is 0 Å². The first-order chi connectivity index (χ1) is 12.4. The van der Waals surface area contributed by atoms with Gasteiger partial charge in [-0.15, -0.1) is 0 Å². The zero-order valence-corrected chi connectivity index (χ0v) is 17.1. The van der Waals surface area contributed by atoms with E-state index in [4.69, 9.17) is 0 Å². The molecule has 0 heterocycles. The van der Waals surface area contributed by atoms with Crippen LogP contribution in [-0.4, -0.2) is 18.9 Å². The zero-order valence-electron chi connectivity index (χ0n) is 17.1. The number of rotatable bonds is 12. The molecule has 0 aromatic carbocycles. The summed E-state index contributed by atoms with van der Waals surface area (Å²) in [7, 11) is 1.42. The summed E-state index contributed by atoms with van der Waals surface area (Å²) in [5, 5.41) is 0. The molecule has 0 saturated heterocycles.